The third-order valence-corrected chi connectivity index (χ3v) is 6.11. The molecule has 0 bridgehead atoms. The predicted octanol–water partition coefficient (Wildman–Crippen LogP) is -1.04. The minimum atomic E-state index is -4.86. The standard InChI is InChI=1S/C16H22F2N5O8P/c1-8(24)22-5-2-3-9(22)13(26)21-32(28,29)30-7-10-12(25)16(17,18)14(31-10)23-6-4-11(19)20-15(23)27/h4,6,9-10,12,14,25H,2-3,5,7H2,1H3,(H2,19,20,27)(H2,21,26,28,29)/t9?,10-,12-,14-/m1/s1. The molecule has 2 amide bonds. The van der Waals surface area contributed by atoms with E-state index in [1.165, 1.54) is 11.8 Å². The van der Waals surface area contributed by atoms with E-state index in [0.717, 1.165) is 12.3 Å². The highest BCUT2D eigenvalue weighted by atomic mass is 31.2. The Bertz CT molecular complexity index is 1010. The Morgan fingerprint density at radius 1 is 1.50 bits per heavy atom. The Morgan fingerprint density at radius 2 is 2.19 bits per heavy atom. The SMILES string of the molecule is CC(=O)N1CCCC1C(=O)NP(=O)(O)OC[C@H]1O[C@@H](n2ccc(N)nc2=O)C(F)(F)[C@@H]1O. The van der Waals surface area contributed by atoms with E-state index in [9.17, 15) is 37.7 Å². The number of carbonyl (C=O) groups is 2. The number of aliphatic hydroxyl groups is 1. The molecule has 2 fully saturated rings. The highest BCUT2D eigenvalue weighted by Crippen LogP contribution is 2.44. The first kappa shape index (κ1) is 24.2. The van der Waals surface area contributed by atoms with Crippen LogP contribution in [0, 0.1) is 0 Å². The highest BCUT2D eigenvalue weighted by molar-refractivity contribution is 7.51. The lowest BCUT2D eigenvalue weighted by Crippen LogP contribution is -2.44. The molecule has 2 saturated heterocycles. The first-order valence-corrected chi connectivity index (χ1v) is 11.0. The molecule has 0 aromatic carbocycles. The van der Waals surface area contributed by atoms with Crippen molar-refractivity contribution < 1.29 is 42.2 Å². The number of amides is 2. The molecular weight excluding hydrogens is 459 g/mol. The van der Waals surface area contributed by atoms with E-state index < -0.39 is 56.4 Å². The van der Waals surface area contributed by atoms with Crippen molar-refractivity contribution >= 4 is 25.4 Å². The molecule has 1 aromatic heterocycles. The van der Waals surface area contributed by atoms with Gasteiger partial charge in [-0.05, 0) is 18.9 Å². The molecule has 2 unspecified atom stereocenters. The Kier molecular flexibility index (Phi) is 6.67. The third kappa shape index (κ3) is 4.81. The van der Waals surface area contributed by atoms with E-state index in [0.29, 0.717) is 17.5 Å². The fourth-order valence-electron chi connectivity index (χ4n) is 3.55. The fourth-order valence-corrected chi connectivity index (χ4v) is 4.39. The first-order chi connectivity index (χ1) is 14.8. The van der Waals surface area contributed by atoms with Crippen LogP contribution < -0.4 is 16.5 Å². The zero-order valence-electron chi connectivity index (χ0n) is 16.8. The van der Waals surface area contributed by atoms with Gasteiger partial charge in [0, 0.05) is 19.7 Å². The molecule has 1 aromatic rings. The number of aromatic nitrogens is 2. The summed E-state index contributed by atoms with van der Waals surface area (Å²) in [6.45, 7) is 0.541. The second kappa shape index (κ2) is 8.83. The van der Waals surface area contributed by atoms with Crippen LogP contribution in [0.15, 0.2) is 17.1 Å². The minimum absolute atomic E-state index is 0.212. The van der Waals surface area contributed by atoms with E-state index >= 15 is 0 Å². The highest BCUT2D eigenvalue weighted by Gasteiger charge is 2.60. The molecule has 32 heavy (non-hydrogen) atoms. The van der Waals surface area contributed by atoms with Gasteiger partial charge in [-0.25, -0.2) is 9.36 Å². The van der Waals surface area contributed by atoms with Gasteiger partial charge in [0.15, 0.2) is 6.10 Å². The van der Waals surface area contributed by atoms with Crippen LogP contribution in [0.3, 0.4) is 0 Å². The van der Waals surface area contributed by atoms with E-state index in [-0.39, 0.29) is 18.1 Å². The smallest absolute Gasteiger partial charge is 0.384 e. The average Bonchev–Trinajstić information content (AvgIpc) is 3.25. The summed E-state index contributed by atoms with van der Waals surface area (Å²) in [4.78, 5) is 50.1. The Balaban J connectivity index is 1.65. The van der Waals surface area contributed by atoms with Crippen LogP contribution in [0.2, 0.25) is 0 Å². The van der Waals surface area contributed by atoms with Gasteiger partial charge in [0.05, 0.1) is 6.61 Å². The lowest BCUT2D eigenvalue weighted by Gasteiger charge is -2.24. The maximum Gasteiger partial charge on any atom is 0.432 e. The van der Waals surface area contributed by atoms with E-state index in [4.69, 9.17) is 10.5 Å². The van der Waals surface area contributed by atoms with Gasteiger partial charge in [-0.1, -0.05) is 0 Å². The normalized spacial score (nSPS) is 29.0. The molecule has 2 aliphatic heterocycles. The number of nitrogens with two attached hydrogens (primary N) is 1. The number of halogens is 2. The molecule has 0 radical (unpaired) electrons. The number of likely N-dealkylation sites (tertiary alicyclic amines) is 1. The summed E-state index contributed by atoms with van der Waals surface area (Å²) < 4.78 is 51.3. The number of nitrogens with zero attached hydrogens (tertiary/aromatic N) is 3. The Morgan fingerprint density at radius 3 is 2.81 bits per heavy atom. The molecule has 13 nitrogen and oxygen atoms in total. The number of anilines is 1. The van der Waals surface area contributed by atoms with Gasteiger partial charge in [0.1, 0.15) is 18.0 Å². The number of ether oxygens (including phenoxy) is 1. The van der Waals surface area contributed by atoms with Gasteiger partial charge in [0.2, 0.25) is 12.1 Å². The lowest BCUT2D eigenvalue weighted by atomic mass is 10.1. The summed E-state index contributed by atoms with van der Waals surface area (Å²) in [5, 5.41) is 11.7. The van der Waals surface area contributed by atoms with Gasteiger partial charge in [0.25, 0.3) is 5.91 Å². The molecule has 0 spiro atoms. The first-order valence-electron chi connectivity index (χ1n) is 9.46. The number of nitrogen functional groups attached to an aromatic ring is 1. The molecule has 0 aliphatic carbocycles. The van der Waals surface area contributed by atoms with Crippen LogP contribution in [0.1, 0.15) is 26.0 Å². The fraction of sp³-hybridized carbons (Fsp3) is 0.625. The number of nitrogens with one attached hydrogen (secondary N) is 1. The maximum absolute atomic E-state index is 14.5. The molecule has 0 saturated carbocycles. The van der Waals surface area contributed by atoms with Gasteiger partial charge in [-0.2, -0.15) is 13.8 Å². The molecule has 3 heterocycles. The van der Waals surface area contributed by atoms with Gasteiger partial charge >= 0.3 is 19.4 Å². The number of rotatable bonds is 6. The Labute approximate surface area is 179 Å². The zero-order chi connectivity index (χ0) is 23.8. The zero-order valence-corrected chi connectivity index (χ0v) is 17.7. The summed E-state index contributed by atoms with van der Waals surface area (Å²) in [7, 11) is -4.86. The number of carbonyl (C=O) groups excluding carboxylic acids is 2. The van der Waals surface area contributed by atoms with Gasteiger partial charge in [-0.3, -0.25) is 23.8 Å². The van der Waals surface area contributed by atoms with Crippen LogP contribution in [-0.2, 0) is 23.4 Å². The summed E-state index contributed by atoms with van der Waals surface area (Å²) in [5.74, 6) is -5.53. The van der Waals surface area contributed by atoms with E-state index in [1.54, 1.807) is 5.09 Å². The molecule has 5 atom stereocenters. The van der Waals surface area contributed by atoms with Crippen LogP contribution in [0.4, 0.5) is 14.6 Å². The molecule has 16 heteroatoms. The number of hydrogen-bond donors (Lipinski definition) is 4. The third-order valence-electron chi connectivity index (χ3n) is 5.11. The van der Waals surface area contributed by atoms with Crippen molar-refractivity contribution in [3.05, 3.63) is 22.7 Å². The molecule has 3 rings (SSSR count). The van der Waals surface area contributed by atoms with Crippen molar-refractivity contribution in [1.29, 1.82) is 0 Å². The van der Waals surface area contributed by atoms with E-state index in [2.05, 4.69) is 9.51 Å². The van der Waals surface area contributed by atoms with Crippen LogP contribution in [0.5, 0.6) is 0 Å². The number of hydrogen-bond acceptors (Lipinski definition) is 9. The topological polar surface area (TPSA) is 186 Å². The lowest BCUT2D eigenvalue weighted by molar-refractivity contribution is -0.140. The molecular formula is C16H22F2N5O8P. The second-order valence-electron chi connectivity index (χ2n) is 7.35. The van der Waals surface area contributed by atoms with Crippen molar-refractivity contribution in [3.8, 4) is 0 Å². The average molecular weight is 481 g/mol. The summed E-state index contributed by atoms with van der Waals surface area (Å²) in [6.07, 6.45) is -4.91. The number of alkyl halides is 2. The Hall–Kier alpha value is -2.45. The van der Waals surface area contributed by atoms with Gasteiger partial charge < -0.3 is 25.4 Å². The monoisotopic (exact) mass is 481 g/mol. The quantitative estimate of drug-likeness (QED) is 0.366. The van der Waals surface area contributed by atoms with Crippen molar-refractivity contribution in [2.45, 2.75) is 50.2 Å². The van der Waals surface area contributed by atoms with Crippen molar-refractivity contribution in [2.75, 3.05) is 18.9 Å². The predicted molar refractivity (Wildman–Crippen MR) is 102 cm³/mol. The second-order valence-corrected chi connectivity index (χ2v) is 8.87. The van der Waals surface area contributed by atoms with Crippen LogP contribution >= 0.6 is 7.75 Å². The van der Waals surface area contributed by atoms with Crippen molar-refractivity contribution in [3.63, 3.8) is 0 Å². The molecule has 178 valence electrons. The molecule has 5 N–H and O–H groups in total. The van der Waals surface area contributed by atoms with E-state index in [1.807, 2.05) is 0 Å². The maximum atomic E-state index is 14.5. The van der Waals surface area contributed by atoms with Crippen molar-refractivity contribution in [1.82, 2.24) is 19.5 Å². The summed E-state index contributed by atoms with van der Waals surface area (Å²) in [5.41, 5.74) is 4.16. The van der Waals surface area contributed by atoms with Crippen LogP contribution in [0.25, 0.3) is 0 Å². The van der Waals surface area contributed by atoms with Crippen molar-refractivity contribution in [2.24, 2.45) is 0 Å². The van der Waals surface area contributed by atoms with Crippen LogP contribution in [-0.4, -0.2) is 73.6 Å². The molecule has 2 aliphatic rings. The largest absolute Gasteiger partial charge is 0.432 e. The summed E-state index contributed by atoms with van der Waals surface area (Å²) in [6, 6.07) is 0.102. The summed E-state index contributed by atoms with van der Waals surface area (Å²) >= 11 is 0. The minimum Gasteiger partial charge on any atom is -0.384 e. The van der Waals surface area contributed by atoms with Gasteiger partial charge in [-0.15, -0.1) is 0 Å². The number of aliphatic hydroxyl groups excluding tert-OH is 1.